The second-order valence-electron chi connectivity index (χ2n) is 7.49. The molecule has 7 nitrogen and oxygen atoms in total. The van der Waals surface area contributed by atoms with E-state index in [0.717, 1.165) is 37.3 Å². The lowest BCUT2D eigenvalue weighted by Gasteiger charge is -2.21. The molecule has 0 spiro atoms. The molecule has 3 aromatic rings. The van der Waals surface area contributed by atoms with Crippen molar-refractivity contribution in [1.29, 1.82) is 0 Å². The van der Waals surface area contributed by atoms with Crippen LogP contribution in [-0.4, -0.2) is 43.9 Å². The molecule has 0 aliphatic heterocycles. The summed E-state index contributed by atoms with van der Waals surface area (Å²) in [6.45, 7) is 11.7. The van der Waals surface area contributed by atoms with Crippen molar-refractivity contribution < 1.29 is 9.21 Å². The molecule has 0 saturated carbocycles. The topological polar surface area (TPSA) is 77.1 Å². The van der Waals surface area contributed by atoms with Gasteiger partial charge >= 0.3 is 0 Å². The number of benzene rings is 1. The van der Waals surface area contributed by atoms with E-state index >= 15 is 0 Å². The number of amides is 1. The first-order valence-electron chi connectivity index (χ1n) is 10.2. The lowest BCUT2D eigenvalue weighted by atomic mass is 10.1. The van der Waals surface area contributed by atoms with E-state index in [1.165, 1.54) is 0 Å². The Morgan fingerprint density at radius 1 is 1.10 bits per heavy atom. The predicted molar refractivity (Wildman–Crippen MR) is 112 cm³/mol. The number of hydrogen-bond donors (Lipinski definition) is 0. The molecular formula is C22H29N5O2. The van der Waals surface area contributed by atoms with Crippen LogP contribution in [0.15, 0.2) is 34.7 Å². The summed E-state index contributed by atoms with van der Waals surface area (Å²) in [5.41, 5.74) is 3.27. The maximum atomic E-state index is 12.8. The molecule has 0 saturated heterocycles. The normalized spacial score (nSPS) is 11.2. The highest BCUT2D eigenvalue weighted by molar-refractivity contribution is 5.94. The molecule has 2 heterocycles. The van der Waals surface area contributed by atoms with E-state index in [0.29, 0.717) is 23.0 Å². The first-order valence-corrected chi connectivity index (χ1v) is 10.2. The van der Waals surface area contributed by atoms with E-state index in [1.807, 2.05) is 39.9 Å². The Morgan fingerprint density at radius 3 is 2.28 bits per heavy atom. The molecule has 0 aliphatic carbocycles. The second kappa shape index (κ2) is 9.03. The van der Waals surface area contributed by atoms with E-state index in [9.17, 15) is 4.79 Å². The summed E-state index contributed by atoms with van der Waals surface area (Å²) in [6, 6.07) is 9.59. The van der Waals surface area contributed by atoms with Crippen LogP contribution in [0.4, 0.5) is 0 Å². The SMILES string of the molecule is CCCN(CCC)C(=O)c1ccc(-n2nc(-c3nnc(C)o3)cc2C(C)C)cc1. The summed E-state index contributed by atoms with van der Waals surface area (Å²) >= 11 is 0. The number of aromatic nitrogens is 4. The van der Waals surface area contributed by atoms with Gasteiger partial charge in [0.2, 0.25) is 5.89 Å². The molecule has 3 rings (SSSR count). The highest BCUT2D eigenvalue weighted by Crippen LogP contribution is 2.25. The quantitative estimate of drug-likeness (QED) is 0.556. The third-order valence-electron chi connectivity index (χ3n) is 4.71. The average Bonchev–Trinajstić information content (AvgIpc) is 3.34. The van der Waals surface area contributed by atoms with Gasteiger partial charge in [-0.3, -0.25) is 4.79 Å². The first-order chi connectivity index (χ1) is 13.9. The lowest BCUT2D eigenvalue weighted by molar-refractivity contribution is 0.0755. The summed E-state index contributed by atoms with van der Waals surface area (Å²) < 4.78 is 7.41. The molecule has 0 aliphatic rings. The van der Waals surface area contributed by atoms with Crippen LogP contribution in [0.5, 0.6) is 0 Å². The minimum atomic E-state index is 0.0758. The Labute approximate surface area is 171 Å². The molecule has 0 atom stereocenters. The van der Waals surface area contributed by atoms with E-state index in [2.05, 4.69) is 43.0 Å². The van der Waals surface area contributed by atoms with Crippen LogP contribution in [0.25, 0.3) is 17.3 Å². The molecule has 0 N–H and O–H groups in total. The molecule has 0 unspecified atom stereocenters. The Kier molecular flexibility index (Phi) is 6.46. The van der Waals surface area contributed by atoms with Gasteiger partial charge in [0.25, 0.3) is 11.8 Å². The van der Waals surface area contributed by atoms with E-state index in [1.54, 1.807) is 6.92 Å². The van der Waals surface area contributed by atoms with Gasteiger partial charge in [0.1, 0.15) is 5.69 Å². The zero-order chi connectivity index (χ0) is 21.0. The van der Waals surface area contributed by atoms with Gasteiger partial charge in [0.15, 0.2) is 0 Å². The van der Waals surface area contributed by atoms with Crippen LogP contribution in [-0.2, 0) is 0 Å². The van der Waals surface area contributed by atoms with Gasteiger partial charge in [-0.25, -0.2) is 4.68 Å². The van der Waals surface area contributed by atoms with Gasteiger partial charge in [0.05, 0.1) is 5.69 Å². The summed E-state index contributed by atoms with van der Waals surface area (Å²) in [5, 5.41) is 12.6. The number of carbonyl (C=O) groups is 1. The smallest absolute Gasteiger partial charge is 0.268 e. The van der Waals surface area contributed by atoms with Crippen molar-refractivity contribution in [2.24, 2.45) is 0 Å². The fourth-order valence-corrected chi connectivity index (χ4v) is 3.30. The van der Waals surface area contributed by atoms with Crippen LogP contribution in [0.2, 0.25) is 0 Å². The Hall–Kier alpha value is -2.96. The molecular weight excluding hydrogens is 366 g/mol. The van der Waals surface area contributed by atoms with Gasteiger partial charge in [-0.2, -0.15) is 5.10 Å². The van der Waals surface area contributed by atoms with Crippen LogP contribution >= 0.6 is 0 Å². The van der Waals surface area contributed by atoms with Crippen molar-refractivity contribution in [3.05, 3.63) is 47.5 Å². The minimum absolute atomic E-state index is 0.0758. The highest BCUT2D eigenvalue weighted by Gasteiger charge is 2.18. The predicted octanol–water partition coefficient (Wildman–Crippen LogP) is 4.62. The largest absolute Gasteiger partial charge is 0.420 e. The number of carbonyl (C=O) groups excluding carboxylic acids is 1. The van der Waals surface area contributed by atoms with Gasteiger partial charge in [-0.15, -0.1) is 10.2 Å². The van der Waals surface area contributed by atoms with Crippen molar-refractivity contribution in [2.45, 2.75) is 53.4 Å². The fourth-order valence-electron chi connectivity index (χ4n) is 3.30. The van der Waals surface area contributed by atoms with Gasteiger partial charge in [-0.1, -0.05) is 27.7 Å². The van der Waals surface area contributed by atoms with Gasteiger partial charge < -0.3 is 9.32 Å². The maximum absolute atomic E-state index is 12.8. The molecule has 0 fully saturated rings. The number of aryl methyl sites for hydroxylation is 1. The zero-order valence-corrected chi connectivity index (χ0v) is 17.8. The van der Waals surface area contributed by atoms with Crippen LogP contribution < -0.4 is 0 Å². The fraction of sp³-hybridized carbons (Fsp3) is 0.455. The first kappa shape index (κ1) is 20.8. The highest BCUT2D eigenvalue weighted by atomic mass is 16.4. The Morgan fingerprint density at radius 2 is 1.76 bits per heavy atom. The summed E-state index contributed by atoms with van der Waals surface area (Å²) in [6.07, 6.45) is 1.90. The maximum Gasteiger partial charge on any atom is 0.268 e. The van der Waals surface area contributed by atoms with Crippen LogP contribution in [0.3, 0.4) is 0 Å². The number of rotatable bonds is 8. The van der Waals surface area contributed by atoms with Crippen molar-refractivity contribution in [1.82, 2.24) is 24.9 Å². The number of hydrogen-bond acceptors (Lipinski definition) is 5. The monoisotopic (exact) mass is 395 g/mol. The molecule has 1 amide bonds. The summed E-state index contributed by atoms with van der Waals surface area (Å²) in [4.78, 5) is 14.7. The average molecular weight is 396 g/mol. The molecule has 0 radical (unpaired) electrons. The number of nitrogens with zero attached hydrogens (tertiary/aromatic N) is 5. The van der Waals surface area contributed by atoms with Gasteiger partial charge in [0, 0.05) is 31.3 Å². The Balaban J connectivity index is 1.91. The molecule has 154 valence electrons. The van der Waals surface area contributed by atoms with Crippen molar-refractivity contribution in [3.63, 3.8) is 0 Å². The van der Waals surface area contributed by atoms with E-state index in [-0.39, 0.29) is 11.8 Å². The Bertz CT molecular complexity index is 950. The molecule has 7 heteroatoms. The van der Waals surface area contributed by atoms with Crippen molar-refractivity contribution in [2.75, 3.05) is 13.1 Å². The van der Waals surface area contributed by atoms with Crippen molar-refractivity contribution in [3.8, 4) is 17.3 Å². The minimum Gasteiger partial charge on any atom is -0.420 e. The van der Waals surface area contributed by atoms with Crippen molar-refractivity contribution >= 4 is 5.91 Å². The zero-order valence-electron chi connectivity index (χ0n) is 17.8. The molecule has 2 aromatic heterocycles. The van der Waals surface area contributed by atoms with E-state index in [4.69, 9.17) is 4.42 Å². The summed E-state index contributed by atoms with van der Waals surface area (Å²) in [5.74, 6) is 1.25. The van der Waals surface area contributed by atoms with Crippen LogP contribution in [0.1, 0.15) is 68.4 Å². The molecule has 29 heavy (non-hydrogen) atoms. The van der Waals surface area contributed by atoms with E-state index < -0.39 is 0 Å². The second-order valence-corrected chi connectivity index (χ2v) is 7.49. The summed E-state index contributed by atoms with van der Waals surface area (Å²) in [7, 11) is 0. The molecule has 1 aromatic carbocycles. The third kappa shape index (κ3) is 4.55. The third-order valence-corrected chi connectivity index (χ3v) is 4.71. The van der Waals surface area contributed by atoms with Crippen LogP contribution in [0, 0.1) is 6.92 Å². The standard InChI is InChI=1S/C22H29N5O2/c1-6-12-26(13-7-2)22(28)17-8-10-18(11-9-17)27-20(15(3)4)14-19(25-27)21-24-23-16(5)29-21/h8-11,14-15H,6-7,12-13H2,1-5H3. The molecule has 0 bridgehead atoms. The van der Waals surface area contributed by atoms with Gasteiger partial charge in [-0.05, 0) is 49.1 Å². The lowest BCUT2D eigenvalue weighted by Crippen LogP contribution is -2.32.